The van der Waals surface area contributed by atoms with Gasteiger partial charge in [0.1, 0.15) is 6.10 Å². The Hall–Kier alpha value is -1.43. The lowest BCUT2D eigenvalue weighted by molar-refractivity contribution is -0.145. The molecule has 1 saturated carbocycles. The quantitative estimate of drug-likeness (QED) is 0.694. The summed E-state index contributed by atoms with van der Waals surface area (Å²) in [7, 11) is 0. The van der Waals surface area contributed by atoms with Crippen LogP contribution in [0.4, 0.5) is 0 Å². The highest BCUT2D eigenvalue weighted by atomic mass is 16.7. The van der Waals surface area contributed by atoms with Gasteiger partial charge in [-0.2, -0.15) is 0 Å². The first-order valence-corrected chi connectivity index (χ1v) is 7.57. The topological polar surface area (TPSA) is 84.6 Å². The molecular weight excluding hydrogens is 268 g/mol. The van der Waals surface area contributed by atoms with Crippen molar-refractivity contribution in [3.8, 4) is 0 Å². The van der Waals surface area contributed by atoms with Crippen LogP contribution < -0.4 is 11.2 Å². The van der Waals surface area contributed by atoms with Gasteiger partial charge < -0.3 is 10.8 Å². The molecule has 0 radical (unpaired) electrons. The van der Waals surface area contributed by atoms with Crippen LogP contribution >= 0.6 is 0 Å². The van der Waals surface area contributed by atoms with Gasteiger partial charge in [0.05, 0.1) is 6.61 Å². The van der Waals surface area contributed by atoms with Crippen LogP contribution in [-0.2, 0) is 16.2 Å². The Morgan fingerprint density at radius 1 is 1.29 bits per heavy atom. The van der Waals surface area contributed by atoms with E-state index in [1.807, 2.05) is 30.3 Å². The number of aliphatic hydroxyl groups excluding tert-OH is 1. The first-order chi connectivity index (χ1) is 10.2. The molecule has 4 N–H and O–H groups in total. The molecule has 1 amide bonds. The molecule has 2 unspecified atom stereocenters. The van der Waals surface area contributed by atoms with Crippen molar-refractivity contribution in [3.63, 3.8) is 0 Å². The van der Waals surface area contributed by atoms with Gasteiger partial charge in [0.25, 0.3) is 5.91 Å². The van der Waals surface area contributed by atoms with Crippen molar-refractivity contribution in [1.82, 2.24) is 5.48 Å². The molecule has 0 aliphatic heterocycles. The SMILES string of the molecule is NC(C1CCCCC1)C(O)C(=O)NOCc1ccccc1. The molecule has 5 heteroatoms. The van der Waals surface area contributed by atoms with Gasteiger partial charge in [0.2, 0.25) is 0 Å². The van der Waals surface area contributed by atoms with Crippen LogP contribution in [0.15, 0.2) is 30.3 Å². The molecule has 0 heterocycles. The summed E-state index contributed by atoms with van der Waals surface area (Å²) >= 11 is 0. The van der Waals surface area contributed by atoms with Crippen LogP contribution in [0.3, 0.4) is 0 Å². The molecule has 2 atom stereocenters. The predicted octanol–water partition coefficient (Wildman–Crippen LogP) is 1.50. The fourth-order valence-corrected chi connectivity index (χ4v) is 2.78. The molecule has 0 saturated heterocycles. The number of benzene rings is 1. The van der Waals surface area contributed by atoms with Crippen molar-refractivity contribution >= 4 is 5.91 Å². The summed E-state index contributed by atoms with van der Waals surface area (Å²) in [5.74, 6) is -0.349. The zero-order chi connectivity index (χ0) is 15.1. The van der Waals surface area contributed by atoms with Gasteiger partial charge in [-0.1, -0.05) is 49.6 Å². The second kappa shape index (κ2) is 8.12. The van der Waals surface area contributed by atoms with E-state index in [4.69, 9.17) is 10.6 Å². The van der Waals surface area contributed by atoms with E-state index < -0.39 is 18.1 Å². The standard InChI is InChI=1S/C16H24N2O3/c17-14(13-9-5-2-6-10-13)15(19)16(20)18-21-11-12-7-3-1-4-8-12/h1,3-4,7-8,13-15,19H,2,5-6,9-11,17H2,(H,18,20). The number of carbonyl (C=O) groups is 1. The molecule has 21 heavy (non-hydrogen) atoms. The summed E-state index contributed by atoms with van der Waals surface area (Å²) in [6.07, 6.45) is 4.20. The molecule has 1 aliphatic carbocycles. The number of hydrogen-bond acceptors (Lipinski definition) is 4. The number of hydroxylamine groups is 1. The van der Waals surface area contributed by atoms with Gasteiger partial charge in [-0.05, 0) is 24.3 Å². The monoisotopic (exact) mass is 292 g/mol. The maximum atomic E-state index is 11.9. The lowest BCUT2D eigenvalue weighted by Gasteiger charge is -2.29. The molecule has 2 rings (SSSR count). The summed E-state index contributed by atoms with van der Waals surface area (Å²) in [6, 6.07) is 8.98. The normalized spacial score (nSPS) is 19.0. The fraction of sp³-hybridized carbons (Fsp3) is 0.562. The van der Waals surface area contributed by atoms with E-state index in [1.165, 1.54) is 6.42 Å². The highest BCUT2D eigenvalue weighted by Gasteiger charge is 2.30. The van der Waals surface area contributed by atoms with Crippen LogP contribution in [-0.4, -0.2) is 23.2 Å². The van der Waals surface area contributed by atoms with Gasteiger partial charge in [0.15, 0.2) is 0 Å². The van der Waals surface area contributed by atoms with E-state index in [0.29, 0.717) is 0 Å². The average molecular weight is 292 g/mol. The lowest BCUT2D eigenvalue weighted by atomic mass is 9.82. The zero-order valence-electron chi connectivity index (χ0n) is 12.2. The minimum atomic E-state index is -1.22. The maximum Gasteiger partial charge on any atom is 0.273 e. The second-order valence-corrected chi connectivity index (χ2v) is 5.66. The van der Waals surface area contributed by atoms with E-state index >= 15 is 0 Å². The summed E-state index contributed by atoms with van der Waals surface area (Å²) in [4.78, 5) is 17.0. The predicted molar refractivity (Wildman–Crippen MR) is 79.9 cm³/mol. The van der Waals surface area contributed by atoms with Crippen molar-refractivity contribution in [2.45, 2.75) is 50.9 Å². The van der Waals surface area contributed by atoms with Crippen molar-refractivity contribution in [2.75, 3.05) is 0 Å². The summed E-state index contributed by atoms with van der Waals surface area (Å²) in [5, 5.41) is 10.0. The van der Waals surface area contributed by atoms with Gasteiger partial charge in [-0.3, -0.25) is 9.63 Å². The summed E-state index contributed by atoms with van der Waals surface area (Å²) in [5.41, 5.74) is 9.24. The molecular formula is C16H24N2O3. The second-order valence-electron chi connectivity index (χ2n) is 5.66. The van der Waals surface area contributed by atoms with Crippen LogP contribution in [0.25, 0.3) is 0 Å². The molecule has 116 valence electrons. The Labute approximate surface area is 125 Å². The molecule has 1 aromatic rings. The Bertz CT molecular complexity index is 432. The molecule has 5 nitrogen and oxygen atoms in total. The zero-order valence-corrected chi connectivity index (χ0v) is 12.2. The third-order valence-corrected chi connectivity index (χ3v) is 4.08. The highest BCUT2D eigenvalue weighted by Crippen LogP contribution is 2.26. The van der Waals surface area contributed by atoms with Gasteiger partial charge in [-0.15, -0.1) is 0 Å². The molecule has 0 aromatic heterocycles. The summed E-state index contributed by atoms with van der Waals surface area (Å²) < 4.78 is 0. The lowest BCUT2D eigenvalue weighted by Crippen LogP contribution is -2.50. The van der Waals surface area contributed by atoms with Crippen molar-refractivity contribution < 1.29 is 14.7 Å². The fourth-order valence-electron chi connectivity index (χ4n) is 2.78. The van der Waals surface area contributed by atoms with Gasteiger partial charge in [0, 0.05) is 6.04 Å². The van der Waals surface area contributed by atoms with E-state index in [9.17, 15) is 9.90 Å². The number of amides is 1. The van der Waals surface area contributed by atoms with Crippen molar-refractivity contribution in [3.05, 3.63) is 35.9 Å². The van der Waals surface area contributed by atoms with Crippen LogP contribution in [0.5, 0.6) is 0 Å². The number of carbonyl (C=O) groups excluding carboxylic acids is 1. The largest absolute Gasteiger partial charge is 0.382 e. The van der Waals surface area contributed by atoms with E-state index in [2.05, 4.69) is 5.48 Å². The number of aliphatic hydroxyl groups is 1. The van der Waals surface area contributed by atoms with E-state index in [0.717, 1.165) is 31.2 Å². The van der Waals surface area contributed by atoms with Crippen LogP contribution in [0, 0.1) is 5.92 Å². The molecule has 1 aliphatic rings. The van der Waals surface area contributed by atoms with E-state index in [-0.39, 0.29) is 12.5 Å². The molecule has 1 fully saturated rings. The molecule has 1 aromatic carbocycles. The van der Waals surface area contributed by atoms with E-state index in [1.54, 1.807) is 0 Å². The first kappa shape index (κ1) is 15.9. The third kappa shape index (κ3) is 4.81. The third-order valence-electron chi connectivity index (χ3n) is 4.08. The summed E-state index contributed by atoms with van der Waals surface area (Å²) in [6.45, 7) is 0.262. The van der Waals surface area contributed by atoms with Gasteiger partial charge >= 0.3 is 0 Å². The highest BCUT2D eigenvalue weighted by molar-refractivity contribution is 5.80. The number of nitrogens with two attached hydrogens (primary N) is 1. The maximum absolute atomic E-state index is 11.9. The number of hydrogen-bond donors (Lipinski definition) is 3. The Morgan fingerprint density at radius 2 is 1.95 bits per heavy atom. The minimum Gasteiger partial charge on any atom is -0.382 e. The van der Waals surface area contributed by atoms with Gasteiger partial charge in [-0.25, -0.2) is 5.48 Å². The molecule has 0 spiro atoms. The Morgan fingerprint density at radius 3 is 2.62 bits per heavy atom. The minimum absolute atomic E-state index is 0.216. The smallest absolute Gasteiger partial charge is 0.273 e. The van der Waals surface area contributed by atoms with Crippen LogP contribution in [0.2, 0.25) is 0 Å². The first-order valence-electron chi connectivity index (χ1n) is 7.57. The Balaban J connectivity index is 1.74. The number of nitrogens with one attached hydrogen (secondary N) is 1. The molecule has 0 bridgehead atoms. The number of rotatable bonds is 6. The van der Waals surface area contributed by atoms with Crippen LogP contribution in [0.1, 0.15) is 37.7 Å². The van der Waals surface area contributed by atoms with Crippen molar-refractivity contribution in [1.29, 1.82) is 0 Å². The Kier molecular flexibility index (Phi) is 6.17. The van der Waals surface area contributed by atoms with Crippen molar-refractivity contribution in [2.24, 2.45) is 11.7 Å². The average Bonchev–Trinajstić information content (AvgIpc) is 2.55.